The first-order valence-electron chi connectivity index (χ1n) is 8.01. The van der Waals surface area contributed by atoms with Crippen molar-refractivity contribution < 1.29 is 19.1 Å². The number of Topliss-reactive ketones (excluding diaryl/α,β-unsaturated/α-hetero) is 1. The fourth-order valence-electron chi connectivity index (χ4n) is 3.13. The Bertz CT molecular complexity index is 564. The maximum absolute atomic E-state index is 12.4. The number of hydrogen-bond donors (Lipinski definition) is 0. The van der Waals surface area contributed by atoms with Crippen LogP contribution in [0.15, 0.2) is 43.0 Å². The molecule has 0 amide bonds. The predicted octanol–water partition coefficient (Wildman–Crippen LogP) is 3.62. The van der Waals surface area contributed by atoms with Crippen molar-refractivity contribution in [3.8, 4) is 0 Å². The fraction of sp³-hybridized carbons (Fsp3) is 0.474. The number of rotatable bonds is 5. The summed E-state index contributed by atoms with van der Waals surface area (Å²) in [7, 11) is 0. The summed E-state index contributed by atoms with van der Waals surface area (Å²) >= 11 is 0. The molecule has 1 aliphatic heterocycles. The molecule has 1 aromatic rings. The standard InChI is InChI=1S/C19H24O4/c1-5-9-15-16(12(2)3)19(22-13(4)17(15)20)23-18(21)14-10-7-6-8-11-14/h5-8,10-13,15-16,19H,1,9H2,2-4H3/t13-,15+,16+,19-/m0/s1. The summed E-state index contributed by atoms with van der Waals surface area (Å²) < 4.78 is 11.3. The Morgan fingerprint density at radius 2 is 2.00 bits per heavy atom. The Balaban J connectivity index is 2.22. The molecule has 0 N–H and O–H groups in total. The number of ether oxygens (including phenoxy) is 2. The van der Waals surface area contributed by atoms with Crippen LogP contribution in [0.4, 0.5) is 0 Å². The van der Waals surface area contributed by atoms with E-state index in [1.54, 1.807) is 37.3 Å². The topological polar surface area (TPSA) is 52.6 Å². The van der Waals surface area contributed by atoms with Crippen molar-refractivity contribution in [1.29, 1.82) is 0 Å². The Labute approximate surface area is 137 Å². The summed E-state index contributed by atoms with van der Waals surface area (Å²) in [6.07, 6.45) is 1.00. The van der Waals surface area contributed by atoms with Crippen LogP contribution in [-0.2, 0) is 14.3 Å². The lowest BCUT2D eigenvalue weighted by molar-refractivity contribution is -0.212. The van der Waals surface area contributed by atoms with Gasteiger partial charge in [-0.1, -0.05) is 38.1 Å². The van der Waals surface area contributed by atoms with E-state index in [-0.39, 0.29) is 23.5 Å². The van der Waals surface area contributed by atoms with Gasteiger partial charge < -0.3 is 9.47 Å². The first kappa shape index (κ1) is 17.4. The molecule has 4 nitrogen and oxygen atoms in total. The quantitative estimate of drug-likeness (QED) is 0.615. The summed E-state index contributed by atoms with van der Waals surface area (Å²) in [4.78, 5) is 24.7. The third-order valence-electron chi connectivity index (χ3n) is 4.31. The van der Waals surface area contributed by atoms with Gasteiger partial charge >= 0.3 is 5.97 Å². The fourth-order valence-corrected chi connectivity index (χ4v) is 3.13. The molecule has 1 aliphatic rings. The number of benzene rings is 1. The Morgan fingerprint density at radius 3 is 2.57 bits per heavy atom. The average Bonchev–Trinajstić information content (AvgIpc) is 2.53. The van der Waals surface area contributed by atoms with Crippen molar-refractivity contribution in [2.75, 3.05) is 0 Å². The molecule has 0 bridgehead atoms. The van der Waals surface area contributed by atoms with Crippen molar-refractivity contribution in [1.82, 2.24) is 0 Å². The molecule has 1 saturated heterocycles. The van der Waals surface area contributed by atoms with Crippen LogP contribution in [0.3, 0.4) is 0 Å². The molecule has 23 heavy (non-hydrogen) atoms. The molecule has 0 aromatic heterocycles. The van der Waals surface area contributed by atoms with E-state index >= 15 is 0 Å². The van der Waals surface area contributed by atoms with Crippen LogP contribution in [0.5, 0.6) is 0 Å². The van der Waals surface area contributed by atoms with Crippen LogP contribution < -0.4 is 0 Å². The van der Waals surface area contributed by atoms with Crippen LogP contribution in [0.25, 0.3) is 0 Å². The minimum Gasteiger partial charge on any atom is -0.432 e. The van der Waals surface area contributed by atoms with Gasteiger partial charge in [-0.3, -0.25) is 4.79 Å². The van der Waals surface area contributed by atoms with E-state index < -0.39 is 18.4 Å². The van der Waals surface area contributed by atoms with Crippen LogP contribution >= 0.6 is 0 Å². The van der Waals surface area contributed by atoms with Crippen LogP contribution in [-0.4, -0.2) is 24.1 Å². The zero-order valence-corrected chi connectivity index (χ0v) is 13.9. The molecule has 4 atom stereocenters. The van der Waals surface area contributed by atoms with Crippen LogP contribution in [0, 0.1) is 17.8 Å². The van der Waals surface area contributed by atoms with E-state index in [1.807, 2.05) is 19.9 Å². The molecule has 4 heteroatoms. The Morgan fingerprint density at radius 1 is 1.35 bits per heavy atom. The minimum atomic E-state index is -0.722. The number of hydrogen-bond acceptors (Lipinski definition) is 4. The number of allylic oxidation sites excluding steroid dienone is 1. The molecule has 124 valence electrons. The van der Waals surface area contributed by atoms with Crippen molar-refractivity contribution in [2.45, 2.75) is 39.6 Å². The lowest BCUT2D eigenvalue weighted by atomic mass is 9.75. The van der Waals surface area contributed by atoms with E-state index in [4.69, 9.17) is 9.47 Å². The first-order valence-corrected chi connectivity index (χ1v) is 8.01. The number of carbonyl (C=O) groups excluding carboxylic acids is 2. The van der Waals surface area contributed by atoms with Gasteiger partial charge in [0.2, 0.25) is 6.29 Å². The molecule has 0 spiro atoms. The highest BCUT2D eigenvalue weighted by molar-refractivity contribution is 5.90. The van der Waals surface area contributed by atoms with Crippen LogP contribution in [0.1, 0.15) is 37.6 Å². The maximum Gasteiger partial charge on any atom is 0.340 e. The largest absolute Gasteiger partial charge is 0.432 e. The van der Waals surface area contributed by atoms with Gasteiger partial charge in [0, 0.05) is 11.8 Å². The monoisotopic (exact) mass is 316 g/mol. The number of esters is 1. The second-order valence-electron chi connectivity index (χ2n) is 6.27. The minimum absolute atomic E-state index is 0.0515. The second kappa shape index (κ2) is 7.55. The van der Waals surface area contributed by atoms with Crippen molar-refractivity contribution in [3.63, 3.8) is 0 Å². The maximum atomic E-state index is 12.4. The zero-order valence-electron chi connectivity index (χ0n) is 13.9. The molecule has 0 saturated carbocycles. The van der Waals surface area contributed by atoms with Gasteiger partial charge in [-0.2, -0.15) is 0 Å². The molecule has 1 aromatic carbocycles. The first-order chi connectivity index (χ1) is 11.0. The summed E-state index contributed by atoms with van der Waals surface area (Å²) in [6, 6.07) is 8.80. The highest BCUT2D eigenvalue weighted by atomic mass is 16.7. The molecule has 0 aliphatic carbocycles. The molecule has 2 rings (SSSR count). The van der Waals surface area contributed by atoms with Crippen molar-refractivity contribution in [3.05, 3.63) is 48.6 Å². The van der Waals surface area contributed by atoms with Gasteiger partial charge in [0.05, 0.1) is 5.56 Å². The van der Waals surface area contributed by atoms with Gasteiger partial charge in [0.15, 0.2) is 5.78 Å². The third-order valence-corrected chi connectivity index (χ3v) is 4.31. The van der Waals surface area contributed by atoms with E-state index in [2.05, 4.69) is 6.58 Å². The van der Waals surface area contributed by atoms with E-state index in [0.29, 0.717) is 12.0 Å². The number of ketones is 1. The number of carbonyl (C=O) groups is 2. The van der Waals surface area contributed by atoms with Gasteiger partial charge in [0.25, 0.3) is 0 Å². The van der Waals surface area contributed by atoms with Crippen LogP contribution in [0.2, 0.25) is 0 Å². The molecular formula is C19H24O4. The summed E-state index contributed by atoms with van der Waals surface area (Å²) in [5.41, 5.74) is 0.475. The lowest BCUT2D eigenvalue weighted by Gasteiger charge is -2.41. The average molecular weight is 316 g/mol. The summed E-state index contributed by atoms with van der Waals surface area (Å²) in [6.45, 7) is 9.47. The third kappa shape index (κ3) is 3.88. The van der Waals surface area contributed by atoms with Crippen molar-refractivity contribution >= 4 is 11.8 Å². The van der Waals surface area contributed by atoms with E-state index in [0.717, 1.165) is 0 Å². The SMILES string of the molecule is C=CC[C@H]1C(=O)[C@H](C)O[C@@H](OC(=O)c2ccccc2)[C@@H]1C(C)C. The Kier molecular flexibility index (Phi) is 5.72. The van der Waals surface area contributed by atoms with Crippen molar-refractivity contribution in [2.24, 2.45) is 17.8 Å². The predicted molar refractivity (Wildman–Crippen MR) is 87.8 cm³/mol. The normalized spacial score (nSPS) is 27.7. The van der Waals surface area contributed by atoms with Gasteiger partial charge in [0.1, 0.15) is 6.10 Å². The molecule has 0 radical (unpaired) electrons. The second-order valence-corrected chi connectivity index (χ2v) is 6.27. The smallest absolute Gasteiger partial charge is 0.340 e. The molecule has 1 fully saturated rings. The van der Waals surface area contributed by atoms with Gasteiger partial charge in [-0.25, -0.2) is 4.79 Å². The molecule has 1 heterocycles. The highest BCUT2D eigenvalue weighted by Crippen LogP contribution is 2.36. The highest BCUT2D eigenvalue weighted by Gasteiger charge is 2.45. The van der Waals surface area contributed by atoms with E-state index in [1.165, 1.54) is 0 Å². The zero-order chi connectivity index (χ0) is 17.0. The van der Waals surface area contributed by atoms with E-state index in [9.17, 15) is 9.59 Å². The Hall–Kier alpha value is -1.94. The van der Waals surface area contributed by atoms with Gasteiger partial charge in [-0.05, 0) is 31.4 Å². The molecule has 0 unspecified atom stereocenters. The lowest BCUT2D eigenvalue weighted by Crippen LogP contribution is -2.50. The summed E-state index contributed by atoms with van der Waals surface area (Å²) in [5.74, 6) is -0.644. The van der Waals surface area contributed by atoms with Gasteiger partial charge in [-0.15, -0.1) is 6.58 Å². The molecular weight excluding hydrogens is 292 g/mol. The summed E-state index contributed by atoms with van der Waals surface area (Å²) in [5, 5.41) is 0.